The van der Waals surface area contributed by atoms with Gasteiger partial charge in [0.1, 0.15) is 11.5 Å². The fourth-order valence-corrected chi connectivity index (χ4v) is 2.08. The first-order valence-electron chi connectivity index (χ1n) is 7.49. The lowest BCUT2D eigenvalue weighted by molar-refractivity contribution is -0.127. The number of hydrogen-bond acceptors (Lipinski definition) is 4. The first-order valence-corrected chi connectivity index (χ1v) is 7.49. The Morgan fingerprint density at radius 3 is 2.25 bits per heavy atom. The van der Waals surface area contributed by atoms with Crippen molar-refractivity contribution in [1.82, 2.24) is 5.32 Å². The zero-order chi connectivity index (χ0) is 16.7. The molecule has 0 aromatic heterocycles. The third-order valence-electron chi connectivity index (χ3n) is 3.47. The molecule has 2 aromatic carbocycles. The molecule has 0 aliphatic heterocycles. The Kier molecular flexibility index (Phi) is 8.09. The highest BCUT2D eigenvalue weighted by Gasteiger charge is 2.16. The number of carbonyl (C=O) groups is 1. The highest BCUT2D eigenvalue weighted by Crippen LogP contribution is 2.18. The van der Waals surface area contributed by atoms with Crippen LogP contribution in [0, 0.1) is 0 Å². The second-order valence-corrected chi connectivity index (χ2v) is 5.20. The Morgan fingerprint density at radius 2 is 1.67 bits per heavy atom. The maximum atomic E-state index is 12.1. The summed E-state index contributed by atoms with van der Waals surface area (Å²) in [6, 6.07) is 16.5. The molecule has 0 radical (unpaired) electrons. The van der Waals surface area contributed by atoms with Crippen molar-refractivity contribution < 1.29 is 14.3 Å². The summed E-state index contributed by atoms with van der Waals surface area (Å²) in [5, 5.41) is 2.81. The molecule has 0 aliphatic carbocycles. The van der Waals surface area contributed by atoms with Crippen LogP contribution in [0.2, 0.25) is 0 Å². The number of benzene rings is 2. The van der Waals surface area contributed by atoms with Gasteiger partial charge in [-0.1, -0.05) is 30.3 Å². The predicted octanol–water partition coefficient (Wildman–Crippen LogP) is 2.70. The van der Waals surface area contributed by atoms with Crippen LogP contribution in [0.3, 0.4) is 0 Å². The SMILES string of the molecule is COc1ccc(OC(C)C(=O)NCC(N)c2ccccc2)cc1.Cl. The molecule has 0 heterocycles. The molecule has 3 N–H and O–H groups in total. The van der Waals surface area contributed by atoms with Gasteiger partial charge in [0.25, 0.3) is 5.91 Å². The third kappa shape index (κ3) is 5.76. The minimum Gasteiger partial charge on any atom is -0.497 e. The van der Waals surface area contributed by atoms with Gasteiger partial charge in [0.05, 0.1) is 7.11 Å². The second kappa shape index (κ2) is 9.80. The zero-order valence-electron chi connectivity index (χ0n) is 13.8. The van der Waals surface area contributed by atoms with E-state index in [1.165, 1.54) is 0 Å². The van der Waals surface area contributed by atoms with Crippen molar-refractivity contribution >= 4 is 18.3 Å². The highest BCUT2D eigenvalue weighted by molar-refractivity contribution is 5.85. The Hall–Kier alpha value is -2.24. The molecule has 130 valence electrons. The number of nitrogens with one attached hydrogen (secondary N) is 1. The standard InChI is InChI=1S/C18H22N2O3.ClH/c1-13(23-16-10-8-15(22-2)9-11-16)18(21)20-12-17(19)14-6-4-3-5-7-14;/h3-11,13,17H,12,19H2,1-2H3,(H,20,21);1H. The van der Waals surface area contributed by atoms with Crippen molar-refractivity contribution in [2.75, 3.05) is 13.7 Å². The molecular weight excluding hydrogens is 328 g/mol. The molecule has 5 nitrogen and oxygen atoms in total. The molecule has 0 saturated heterocycles. The number of halogens is 1. The number of rotatable bonds is 7. The molecule has 0 fully saturated rings. The van der Waals surface area contributed by atoms with Gasteiger partial charge >= 0.3 is 0 Å². The maximum absolute atomic E-state index is 12.1. The minimum atomic E-state index is -0.605. The molecule has 0 spiro atoms. The number of ether oxygens (including phenoxy) is 2. The van der Waals surface area contributed by atoms with Crippen molar-refractivity contribution in [2.24, 2.45) is 5.73 Å². The maximum Gasteiger partial charge on any atom is 0.260 e. The van der Waals surface area contributed by atoms with Crippen molar-refractivity contribution in [3.05, 3.63) is 60.2 Å². The lowest BCUT2D eigenvalue weighted by Gasteiger charge is -2.17. The van der Waals surface area contributed by atoms with E-state index in [4.69, 9.17) is 15.2 Å². The van der Waals surface area contributed by atoms with E-state index in [-0.39, 0.29) is 24.4 Å². The van der Waals surface area contributed by atoms with Gasteiger partial charge in [-0.25, -0.2) is 0 Å². The molecule has 0 bridgehead atoms. The molecular formula is C18H23ClN2O3. The molecule has 24 heavy (non-hydrogen) atoms. The molecule has 1 amide bonds. The van der Waals surface area contributed by atoms with Gasteiger partial charge in [0.15, 0.2) is 6.10 Å². The fraction of sp³-hybridized carbons (Fsp3) is 0.278. The summed E-state index contributed by atoms with van der Waals surface area (Å²) in [6.07, 6.45) is -0.605. The van der Waals surface area contributed by atoms with Crippen LogP contribution in [0.15, 0.2) is 54.6 Å². The average molecular weight is 351 g/mol. The van der Waals surface area contributed by atoms with E-state index in [2.05, 4.69) is 5.32 Å². The minimum absolute atomic E-state index is 0. The van der Waals surface area contributed by atoms with Gasteiger partial charge in [-0.05, 0) is 36.8 Å². The van der Waals surface area contributed by atoms with Gasteiger partial charge in [-0.2, -0.15) is 0 Å². The van der Waals surface area contributed by atoms with Gasteiger partial charge in [0, 0.05) is 12.6 Å². The van der Waals surface area contributed by atoms with Crippen molar-refractivity contribution in [1.29, 1.82) is 0 Å². The number of methoxy groups -OCH3 is 1. The lowest BCUT2D eigenvalue weighted by Crippen LogP contribution is -2.39. The van der Waals surface area contributed by atoms with Gasteiger partial charge < -0.3 is 20.5 Å². The van der Waals surface area contributed by atoms with Gasteiger partial charge in [0.2, 0.25) is 0 Å². The molecule has 0 saturated carbocycles. The summed E-state index contributed by atoms with van der Waals surface area (Å²) in [4.78, 5) is 12.1. The Morgan fingerprint density at radius 1 is 1.08 bits per heavy atom. The summed E-state index contributed by atoms with van der Waals surface area (Å²) in [5.74, 6) is 1.15. The van der Waals surface area contributed by atoms with E-state index in [9.17, 15) is 4.79 Å². The van der Waals surface area contributed by atoms with E-state index in [0.29, 0.717) is 12.3 Å². The number of nitrogens with two attached hydrogens (primary N) is 1. The third-order valence-corrected chi connectivity index (χ3v) is 3.47. The summed E-state index contributed by atoms with van der Waals surface area (Å²) in [7, 11) is 1.60. The smallest absolute Gasteiger partial charge is 0.260 e. The summed E-state index contributed by atoms with van der Waals surface area (Å²) < 4.78 is 10.7. The largest absolute Gasteiger partial charge is 0.497 e. The van der Waals surface area contributed by atoms with Crippen molar-refractivity contribution in [3.8, 4) is 11.5 Å². The second-order valence-electron chi connectivity index (χ2n) is 5.20. The Balaban J connectivity index is 0.00000288. The molecule has 2 rings (SSSR count). The first kappa shape index (κ1) is 19.8. The Labute approximate surface area is 148 Å². The monoisotopic (exact) mass is 350 g/mol. The van der Waals surface area contributed by atoms with Crippen LogP contribution in [0.1, 0.15) is 18.5 Å². The lowest BCUT2D eigenvalue weighted by atomic mass is 10.1. The average Bonchev–Trinajstić information content (AvgIpc) is 2.60. The number of hydrogen-bond donors (Lipinski definition) is 2. The van der Waals surface area contributed by atoms with Crippen LogP contribution in [0.4, 0.5) is 0 Å². The molecule has 2 unspecified atom stereocenters. The number of amides is 1. The summed E-state index contributed by atoms with van der Waals surface area (Å²) in [5.41, 5.74) is 7.04. The highest BCUT2D eigenvalue weighted by atomic mass is 35.5. The Bertz CT molecular complexity index is 620. The quantitative estimate of drug-likeness (QED) is 0.805. The van der Waals surface area contributed by atoms with Crippen molar-refractivity contribution in [2.45, 2.75) is 19.1 Å². The molecule has 2 atom stereocenters. The zero-order valence-corrected chi connectivity index (χ0v) is 14.6. The summed E-state index contributed by atoms with van der Waals surface area (Å²) in [6.45, 7) is 2.06. The van der Waals surface area contributed by atoms with Crippen LogP contribution in [0.25, 0.3) is 0 Å². The van der Waals surface area contributed by atoms with E-state index in [1.54, 1.807) is 38.3 Å². The topological polar surface area (TPSA) is 73.6 Å². The van der Waals surface area contributed by atoms with Crippen LogP contribution < -0.4 is 20.5 Å². The first-order chi connectivity index (χ1) is 11.1. The number of carbonyl (C=O) groups excluding carboxylic acids is 1. The van der Waals surface area contributed by atoms with Crippen LogP contribution in [-0.2, 0) is 4.79 Å². The van der Waals surface area contributed by atoms with Gasteiger partial charge in [-0.15, -0.1) is 12.4 Å². The predicted molar refractivity (Wildman–Crippen MR) is 96.7 cm³/mol. The van der Waals surface area contributed by atoms with Crippen molar-refractivity contribution in [3.63, 3.8) is 0 Å². The van der Waals surface area contributed by atoms with E-state index in [0.717, 1.165) is 11.3 Å². The summed E-state index contributed by atoms with van der Waals surface area (Å²) >= 11 is 0. The van der Waals surface area contributed by atoms with Gasteiger partial charge in [-0.3, -0.25) is 4.79 Å². The van der Waals surface area contributed by atoms with E-state index >= 15 is 0 Å². The normalized spacial score (nSPS) is 12.5. The molecule has 0 aliphatic rings. The molecule has 2 aromatic rings. The fourth-order valence-electron chi connectivity index (χ4n) is 2.08. The molecule has 6 heteroatoms. The van der Waals surface area contributed by atoms with E-state index < -0.39 is 6.10 Å². The van der Waals surface area contributed by atoms with Crippen LogP contribution in [-0.4, -0.2) is 25.7 Å². The van der Waals surface area contributed by atoms with Crippen LogP contribution in [0.5, 0.6) is 11.5 Å². The van der Waals surface area contributed by atoms with E-state index in [1.807, 2.05) is 30.3 Å². The van der Waals surface area contributed by atoms with Crippen LogP contribution >= 0.6 is 12.4 Å².